The molecule has 0 aromatic carbocycles. The molecule has 39 heavy (non-hydrogen) atoms. The predicted molar refractivity (Wildman–Crippen MR) is 146 cm³/mol. The van der Waals surface area contributed by atoms with Crippen molar-refractivity contribution in [3.05, 3.63) is 54.2 Å². The van der Waals surface area contributed by atoms with Gasteiger partial charge in [0.05, 0.1) is 30.1 Å². The monoisotopic (exact) mass is 552 g/mol. The summed E-state index contributed by atoms with van der Waals surface area (Å²) >= 11 is 0. The van der Waals surface area contributed by atoms with Gasteiger partial charge in [0.25, 0.3) is 15.9 Å². The number of hydrogen-bond acceptors (Lipinski definition) is 10. The lowest BCUT2D eigenvalue weighted by molar-refractivity contribution is -0.121. The number of aromatic nitrogens is 3. The van der Waals surface area contributed by atoms with E-state index in [1.165, 1.54) is 18.2 Å². The van der Waals surface area contributed by atoms with Gasteiger partial charge in [-0.05, 0) is 63.4 Å². The Morgan fingerprint density at radius 3 is 2.67 bits per heavy atom. The number of nitrogens with zero attached hydrogens (tertiary/aromatic N) is 4. The lowest BCUT2D eigenvalue weighted by atomic mass is 9.89. The predicted octanol–water partition coefficient (Wildman–Crippen LogP) is 3.03. The van der Waals surface area contributed by atoms with Crippen LogP contribution < -0.4 is 20.1 Å². The fourth-order valence-electron chi connectivity index (χ4n) is 4.79. The summed E-state index contributed by atoms with van der Waals surface area (Å²) in [7, 11) is -4.26. The lowest BCUT2D eigenvalue weighted by Crippen LogP contribution is -2.45. The molecular formula is C27H32N6O5S. The number of amides is 1. The number of rotatable bonds is 7. The highest BCUT2D eigenvalue weighted by Gasteiger charge is 2.34. The van der Waals surface area contributed by atoms with Crippen LogP contribution >= 0.6 is 0 Å². The van der Waals surface area contributed by atoms with Crippen LogP contribution in [0.4, 0.5) is 11.6 Å². The van der Waals surface area contributed by atoms with E-state index in [-0.39, 0.29) is 28.6 Å². The minimum absolute atomic E-state index is 0.00366. The molecule has 0 radical (unpaired) electrons. The summed E-state index contributed by atoms with van der Waals surface area (Å²) in [6.45, 7) is 5.96. The third-order valence-corrected chi connectivity index (χ3v) is 8.02. The lowest BCUT2D eigenvalue weighted by Gasteiger charge is -2.41. The minimum atomic E-state index is -4.26. The molecular weight excluding hydrogens is 520 g/mol. The number of nitrogen functional groups attached to an aromatic ring is 1. The molecule has 206 valence electrons. The van der Waals surface area contributed by atoms with Crippen molar-refractivity contribution in [3.8, 4) is 17.1 Å². The molecule has 12 heteroatoms. The zero-order chi connectivity index (χ0) is 27.6. The minimum Gasteiger partial charge on any atom is -0.475 e. The van der Waals surface area contributed by atoms with E-state index in [1.807, 2.05) is 24.8 Å². The smallest absolute Gasteiger partial charge is 0.281 e. The van der Waals surface area contributed by atoms with Gasteiger partial charge >= 0.3 is 0 Å². The number of carbonyl (C=O) groups is 1. The Balaban J connectivity index is 1.47. The quantitative estimate of drug-likeness (QED) is 0.448. The van der Waals surface area contributed by atoms with Crippen molar-refractivity contribution in [2.45, 2.75) is 50.3 Å². The van der Waals surface area contributed by atoms with Crippen LogP contribution in [0.25, 0.3) is 11.3 Å². The zero-order valence-corrected chi connectivity index (χ0v) is 22.7. The highest BCUT2D eigenvalue weighted by Crippen LogP contribution is 2.32. The summed E-state index contributed by atoms with van der Waals surface area (Å²) in [5.74, 6) is 0.715. The number of anilines is 2. The Labute approximate surface area is 227 Å². The molecule has 1 amide bonds. The first-order valence-corrected chi connectivity index (χ1v) is 14.5. The molecule has 5 rings (SSSR count). The van der Waals surface area contributed by atoms with Gasteiger partial charge in [-0.15, -0.1) is 0 Å². The van der Waals surface area contributed by atoms with Crippen molar-refractivity contribution in [2.75, 3.05) is 30.3 Å². The summed E-state index contributed by atoms with van der Waals surface area (Å²) in [5.41, 5.74) is 7.14. The highest BCUT2D eigenvalue weighted by molar-refractivity contribution is 7.90. The van der Waals surface area contributed by atoms with Gasteiger partial charge in [-0.2, -0.15) is 8.42 Å². The maximum absolute atomic E-state index is 13.4. The van der Waals surface area contributed by atoms with Gasteiger partial charge in [-0.1, -0.05) is 6.07 Å². The number of fused-ring (bicyclic) bond motifs is 1. The van der Waals surface area contributed by atoms with Crippen LogP contribution in [0.2, 0.25) is 0 Å². The third-order valence-electron chi connectivity index (χ3n) is 6.79. The standard InChI is InChI=1S/C27H32N6O5S/c1-17(2)38-24-11-8-18(15-29-24)21-10-9-20(27(34)32-39(35,36)25-7-3-6-23(28)31-25)26(30-21)33-13-4-5-19-16-37-22(19)12-14-33/h3,6-11,15,17,19,22H,4-5,12-14,16H2,1-2H3,(H2,28,31)(H,32,34). The molecule has 3 aromatic heterocycles. The van der Waals surface area contributed by atoms with Crippen LogP contribution in [-0.4, -0.2) is 61.2 Å². The van der Waals surface area contributed by atoms with Crippen molar-refractivity contribution >= 4 is 27.6 Å². The van der Waals surface area contributed by atoms with Crippen molar-refractivity contribution in [1.29, 1.82) is 0 Å². The Kier molecular flexibility index (Phi) is 7.67. The second-order valence-corrected chi connectivity index (χ2v) is 11.6. The summed E-state index contributed by atoms with van der Waals surface area (Å²) in [6.07, 6.45) is 4.59. The van der Waals surface area contributed by atoms with Gasteiger partial charge < -0.3 is 20.1 Å². The topological polar surface area (TPSA) is 150 Å². The molecule has 2 aliphatic rings. The number of carbonyl (C=O) groups excluding carboxylic acids is 1. The molecule has 0 bridgehead atoms. The van der Waals surface area contributed by atoms with E-state index in [0.717, 1.165) is 31.4 Å². The van der Waals surface area contributed by atoms with E-state index in [0.29, 0.717) is 36.4 Å². The largest absolute Gasteiger partial charge is 0.475 e. The van der Waals surface area contributed by atoms with Crippen LogP contribution in [-0.2, 0) is 14.8 Å². The van der Waals surface area contributed by atoms with Crippen LogP contribution in [0.5, 0.6) is 5.88 Å². The number of pyridine rings is 3. The van der Waals surface area contributed by atoms with E-state index in [1.54, 1.807) is 24.4 Å². The fraction of sp³-hybridized carbons (Fsp3) is 0.407. The number of nitrogens with two attached hydrogens (primary N) is 1. The van der Waals surface area contributed by atoms with Crippen molar-refractivity contribution in [1.82, 2.24) is 19.7 Å². The Bertz CT molecular complexity index is 1450. The number of nitrogens with one attached hydrogen (secondary N) is 1. The van der Waals surface area contributed by atoms with E-state index in [2.05, 4.69) is 14.7 Å². The van der Waals surface area contributed by atoms with Gasteiger partial charge in [0.15, 0.2) is 5.03 Å². The molecule has 11 nitrogen and oxygen atoms in total. The first kappa shape index (κ1) is 26.8. The fourth-order valence-corrected chi connectivity index (χ4v) is 5.73. The Morgan fingerprint density at radius 2 is 1.97 bits per heavy atom. The van der Waals surface area contributed by atoms with Crippen LogP contribution in [0.3, 0.4) is 0 Å². The van der Waals surface area contributed by atoms with E-state index < -0.39 is 15.9 Å². The van der Waals surface area contributed by atoms with Gasteiger partial charge in [-0.25, -0.2) is 19.7 Å². The number of sulfonamides is 1. The molecule has 2 fully saturated rings. The van der Waals surface area contributed by atoms with Gasteiger partial charge in [0.1, 0.15) is 11.6 Å². The van der Waals surface area contributed by atoms with E-state index in [4.69, 9.17) is 20.2 Å². The van der Waals surface area contributed by atoms with Crippen molar-refractivity contribution < 1.29 is 22.7 Å². The van der Waals surface area contributed by atoms with E-state index >= 15 is 0 Å². The van der Waals surface area contributed by atoms with Crippen molar-refractivity contribution in [2.24, 2.45) is 5.92 Å². The second kappa shape index (κ2) is 11.1. The molecule has 0 spiro atoms. The summed E-state index contributed by atoms with van der Waals surface area (Å²) < 4.78 is 39.4. The first-order chi connectivity index (χ1) is 18.7. The van der Waals surface area contributed by atoms with Crippen LogP contribution in [0, 0.1) is 5.92 Å². The molecule has 3 N–H and O–H groups in total. The Morgan fingerprint density at radius 1 is 1.13 bits per heavy atom. The highest BCUT2D eigenvalue weighted by atomic mass is 32.2. The van der Waals surface area contributed by atoms with Crippen molar-refractivity contribution in [3.63, 3.8) is 0 Å². The molecule has 0 saturated carbocycles. The van der Waals surface area contributed by atoms with Gasteiger partial charge in [0, 0.05) is 36.8 Å². The first-order valence-electron chi connectivity index (χ1n) is 13.0. The van der Waals surface area contributed by atoms with Crippen LogP contribution in [0.15, 0.2) is 53.7 Å². The average molecular weight is 553 g/mol. The normalized spacial score (nSPS) is 19.4. The maximum Gasteiger partial charge on any atom is 0.281 e. The summed E-state index contributed by atoms with van der Waals surface area (Å²) in [5, 5.41) is -0.337. The van der Waals surface area contributed by atoms with Gasteiger partial charge in [-0.3, -0.25) is 4.79 Å². The Hall–Kier alpha value is -3.77. The molecule has 0 aliphatic carbocycles. The van der Waals surface area contributed by atoms with E-state index in [9.17, 15) is 13.2 Å². The van der Waals surface area contributed by atoms with Crippen LogP contribution in [0.1, 0.15) is 43.5 Å². The average Bonchev–Trinajstić information content (AvgIpc) is 2.88. The molecule has 2 aliphatic heterocycles. The summed E-state index contributed by atoms with van der Waals surface area (Å²) in [4.78, 5) is 28.5. The third kappa shape index (κ3) is 6.12. The molecule has 2 atom stereocenters. The maximum atomic E-state index is 13.4. The van der Waals surface area contributed by atoms with Gasteiger partial charge in [0.2, 0.25) is 5.88 Å². The second-order valence-electron chi connectivity index (χ2n) is 10.0. The number of ether oxygens (including phenoxy) is 2. The SMILES string of the molecule is CC(C)Oc1ccc(-c2ccc(C(=O)NS(=O)(=O)c3cccc(N)n3)c(N3CCCC4COC4CC3)n2)cn1. The zero-order valence-electron chi connectivity index (χ0n) is 21.9. The molecule has 5 heterocycles. The summed E-state index contributed by atoms with van der Waals surface area (Å²) in [6, 6.07) is 11.1. The molecule has 3 aromatic rings. The molecule has 2 saturated heterocycles. The molecule has 2 unspecified atom stereocenters. The number of hydrogen-bond donors (Lipinski definition) is 2.